The number of unbranched alkanes of at least 4 members (excludes halogenated alkanes) is 2. The molecule has 0 spiro atoms. The first-order chi connectivity index (χ1) is 8.57. The van der Waals surface area contributed by atoms with Gasteiger partial charge in [-0.1, -0.05) is 0 Å². The van der Waals surface area contributed by atoms with Crippen LogP contribution >= 0.6 is 0 Å². The molecule has 0 aliphatic carbocycles. The summed E-state index contributed by atoms with van der Waals surface area (Å²) in [5.74, 6) is -4.04. The number of halogens is 2. The number of rotatable bonds is 7. The van der Waals surface area contributed by atoms with Gasteiger partial charge < -0.3 is 15.5 Å². The van der Waals surface area contributed by atoms with Gasteiger partial charge in [-0.3, -0.25) is 0 Å². The van der Waals surface area contributed by atoms with Crippen molar-refractivity contribution in [3.05, 3.63) is 29.3 Å². The van der Waals surface area contributed by atoms with E-state index in [1.54, 1.807) is 0 Å². The summed E-state index contributed by atoms with van der Waals surface area (Å²) in [6.07, 6.45) is 2.15. The highest BCUT2D eigenvalue weighted by molar-refractivity contribution is 5.88. The summed E-state index contributed by atoms with van der Waals surface area (Å²) in [6.45, 7) is 0.541. The Morgan fingerprint density at radius 1 is 1.17 bits per heavy atom. The first kappa shape index (κ1) is 14.4. The highest BCUT2D eigenvalue weighted by Gasteiger charge is 2.17. The van der Waals surface area contributed by atoms with Gasteiger partial charge in [-0.15, -0.1) is 0 Å². The molecule has 3 N–H and O–H groups in total. The van der Waals surface area contributed by atoms with Gasteiger partial charge in [0, 0.05) is 13.2 Å². The van der Waals surface area contributed by atoms with Gasteiger partial charge in [0.25, 0.3) is 0 Å². The van der Waals surface area contributed by atoms with E-state index < -0.39 is 23.2 Å². The third-order valence-corrected chi connectivity index (χ3v) is 2.46. The Bertz CT molecular complexity index is 424. The van der Waals surface area contributed by atoms with Crippen molar-refractivity contribution in [2.45, 2.75) is 19.3 Å². The number of aromatic carboxylic acids is 1. The summed E-state index contributed by atoms with van der Waals surface area (Å²) >= 11 is 0. The van der Waals surface area contributed by atoms with Crippen molar-refractivity contribution in [1.82, 2.24) is 0 Å². The summed E-state index contributed by atoms with van der Waals surface area (Å²) in [4.78, 5) is 10.6. The van der Waals surface area contributed by atoms with Gasteiger partial charge in [0.05, 0.1) is 11.3 Å². The highest BCUT2D eigenvalue weighted by Crippen LogP contribution is 2.20. The van der Waals surface area contributed by atoms with Gasteiger partial charge in [0.2, 0.25) is 0 Å². The molecule has 0 heterocycles. The highest BCUT2D eigenvalue weighted by atomic mass is 19.2. The van der Waals surface area contributed by atoms with E-state index in [4.69, 9.17) is 10.2 Å². The third kappa shape index (κ3) is 3.66. The number of carboxylic acids is 1. The van der Waals surface area contributed by atoms with Gasteiger partial charge in [-0.2, -0.15) is 0 Å². The average Bonchev–Trinajstić information content (AvgIpc) is 2.33. The largest absolute Gasteiger partial charge is 0.478 e. The number of anilines is 1. The molecule has 1 aromatic rings. The fourth-order valence-corrected chi connectivity index (χ4v) is 1.49. The average molecular weight is 259 g/mol. The quantitative estimate of drug-likeness (QED) is 0.657. The maximum absolute atomic E-state index is 13.5. The number of benzene rings is 1. The van der Waals surface area contributed by atoms with Crippen molar-refractivity contribution in [2.24, 2.45) is 0 Å². The van der Waals surface area contributed by atoms with Gasteiger partial charge >= 0.3 is 5.97 Å². The second kappa shape index (κ2) is 6.90. The number of aliphatic hydroxyl groups excluding tert-OH is 1. The fraction of sp³-hybridized carbons (Fsp3) is 0.417. The first-order valence-corrected chi connectivity index (χ1v) is 5.64. The summed E-state index contributed by atoms with van der Waals surface area (Å²) in [7, 11) is 0. The first-order valence-electron chi connectivity index (χ1n) is 5.64. The molecule has 0 amide bonds. The standard InChI is InChI=1S/C12H15F2NO3/c13-10-8(12(17)18)4-5-9(11(10)14)15-6-2-1-3-7-16/h4-5,15-16H,1-3,6-7H2,(H,17,18). The molecule has 4 nitrogen and oxygen atoms in total. The van der Waals surface area contributed by atoms with Gasteiger partial charge in [0.1, 0.15) is 0 Å². The predicted octanol–water partition coefficient (Wildman–Crippen LogP) is 2.24. The SMILES string of the molecule is O=C(O)c1ccc(NCCCCCO)c(F)c1F. The lowest BCUT2D eigenvalue weighted by molar-refractivity contribution is 0.0690. The Hall–Kier alpha value is -1.69. The normalized spacial score (nSPS) is 10.4. The minimum absolute atomic E-state index is 0.0542. The Labute approximate surface area is 103 Å². The van der Waals surface area contributed by atoms with Gasteiger partial charge in [-0.25, -0.2) is 13.6 Å². The topological polar surface area (TPSA) is 69.6 Å². The van der Waals surface area contributed by atoms with E-state index in [2.05, 4.69) is 5.32 Å². The van der Waals surface area contributed by atoms with Crippen LogP contribution in [0.15, 0.2) is 12.1 Å². The van der Waals surface area contributed by atoms with Gasteiger partial charge in [-0.05, 0) is 31.4 Å². The zero-order valence-electron chi connectivity index (χ0n) is 9.75. The van der Waals surface area contributed by atoms with Crippen molar-refractivity contribution in [3.8, 4) is 0 Å². The molecule has 0 unspecified atom stereocenters. The van der Waals surface area contributed by atoms with Crippen LogP contribution in [0.1, 0.15) is 29.6 Å². The van der Waals surface area contributed by atoms with E-state index in [0.717, 1.165) is 12.5 Å². The van der Waals surface area contributed by atoms with Crippen molar-refractivity contribution >= 4 is 11.7 Å². The van der Waals surface area contributed by atoms with Crippen LogP contribution in [-0.2, 0) is 0 Å². The van der Waals surface area contributed by atoms with Crippen LogP contribution in [0.3, 0.4) is 0 Å². The number of hydrogen-bond acceptors (Lipinski definition) is 3. The summed E-state index contributed by atoms with van der Waals surface area (Å²) < 4.78 is 26.8. The maximum atomic E-state index is 13.5. The van der Waals surface area contributed by atoms with Crippen LogP contribution < -0.4 is 5.32 Å². The molecule has 0 aromatic heterocycles. The number of nitrogens with one attached hydrogen (secondary N) is 1. The van der Waals surface area contributed by atoms with Crippen LogP contribution in [0.25, 0.3) is 0 Å². The number of carbonyl (C=O) groups is 1. The number of hydrogen-bond donors (Lipinski definition) is 3. The molecule has 0 saturated heterocycles. The molecular formula is C12H15F2NO3. The van der Waals surface area contributed by atoms with Crippen molar-refractivity contribution < 1.29 is 23.8 Å². The Balaban J connectivity index is 2.62. The van der Waals surface area contributed by atoms with Crippen molar-refractivity contribution in [3.63, 3.8) is 0 Å². The minimum Gasteiger partial charge on any atom is -0.478 e. The Morgan fingerprint density at radius 2 is 1.89 bits per heavy atom. The lowest BCUT2D eigenvalue weighted by Gasteiger charge is -2.09. The molecule has 0 atom stereocenters. The van der Waals surface area contributed by atoms with Crippen LogP contribution in [0.2, 0.25) is 0 Å². The molecular weight excluding hydrogens is 244 g/mol. The van der Waals surface area contributed by atoms with Crippen LogP contribution in [0, 0.1) is 11.6 Å². The summed E-state index contributed by atoms with van der Waals surface area (Å²) in [5.41, 5.74) is -0.736. The van der Waals surface area contributed by atoms with E-state index in [-0.39, 0.29) is 12.3 Å². The zero-order chi connectivity index (χ0) is 13.5. The van der Waals surface area contributed by atoms with E-state index in [1.165, 1.54) is 6.07 Å². The molecule has 6 heteroatoms. The molecule has 100 valence electrons. The Kier molecular flexibility index (Phi) is 5.51. The second-order valence-corrected chi connectivity index (χ2v) is 3.80. The van der Waals surface area contributed by atoms with Crippen LogP contribution in [0.4, 0.5) is 14.5 Å². The predicted molar refractivity (Wildman–Crippen MR) is 62.7 cm³/mol. The van der Waals surface area contributed by atoms with E-state index in [0.29, 0.717) is 19.4 Å². The molecule has 1 aromatic carbocycles. The lowest BCUT2D eigenvalue weighted by Crippen LogP contribution is -2.08. The molecule has 0 bridgehead atoms. The Morgan fingerprint density at radius 3 is 2.50 bits per heavy atom. The lowest BCUT2D eigenvalue weighted by atomic mass is 10.1. The maximum Gasteiger partial charge on any atom is 0.338 e. The number of carboxylic acid groups (broad SMARTS) is 1. The molecule has 0 fully saturated rings. The monoisotopic (exact) mass is 259 g/mol. The molecule has 0 aliphatic heterocycles. The van der Waals surface area contributed by atoms with Crippen molar-refractivity contribution in [1.29, 1.82) is 0 Å². The molecule has 1 rings (SSSR count). The van der Waals surface area contributed by atoms with E-state index >= 15 is 0 Å². The molecule has 0 aliphatic rings. The van der Waals surface area contributed by atoms with Crippen LogP contribution in [-0.4, -0.2) is 29.3 Å². The summed E-state index contributed by atoms with van der Waals surface area (Å²) in [5, 5.41) is 19.9. The zero-order valence-corrected chi connectivity index (χ0v) is 9.75. The van der Waals surface area contributed by atoms with Crippen LogP contribution in [0.5, 0.6) is 0 Å². The smallest absolute Gasteiger partial charge is 0.338 e. The van der Waals surface area contributed by atoms with Gasteiger partial charge in [0.15, 0.2) is 11.6 Å². The van der Waals surface area contributed by atoms with E-state index in [9.17, 15) is 13.6 Å². The fourth-order valence-electron chi connectivity index (χ4n) is 1.49. The van der Waals surface area contributed by atoms with E-state index in [1.807, 2.05) is 0 Å². The number of aliphatic hydroxyl groups is 1. The summed E-state index contributed by atoms with van der Waals surface area (Å²) in [6, 6.07) is 2.23. The third-order valence-electron chi connectivity index (χ3n) is 2.46. The molecule has 0 saturated carbocycles. The molecule has 18 heavy (non-hydrogen) atoms. The molecule has 0 radical (unpaired) electrons. The second-order valence-electron chi connectivity index (χ2n) is 3.80. The van der Waals surface area contributed by atoms with Crippen molar-refractivity contribution in [2.75, 3.05) is 18.5 Å². The minimum atomic E-state index is -1.50.